The molecule has 9 heteroatoms. The Morgan fingerprint density at radius 1 is 1.11 bits per heavy atom. The Kier molecular flexibility index (Phi) is 5.35. The standard InChI is InChI=1S/C19H23F3N2O3S/c1-18(2,3)16-12-23-17(27-16)15-6-4-5-11-24(15)28(25,26)14-9-7-13(8-10-14)19(20,21)22/h7-10,12,15H,4-6,11H2,1-3H3/t15-/m0/s1. The number of rotatable bonds is 3. The van der Waals surface area contributed by atoms with Crippen LogP contribution in [0, 0.1) is 0 Å². The van der Waals surface area contributed by atoms with E-state index >= 15 is 0 Å². The van der Waals surface area contributed by atoms with Gasteiger partial charge in [-0.1, -0.05) is 27.2 Å². The van der Waals surface area contributed by atoms with Crippen molar-refractivity contribution in [3.63, 3.8) is 0 Å². The number of halogens is 3. The molecule has 5 nitrogen and oxygen atoms in total. The van der Waals surface area contributed by atoms with Gasteiger partial charge in [0, 0.05) is 12.0 Å². The molecule has 3 rings (SSSR count). The minimum Gasteiger partial charge on any atom is -0.443 e. The molecule has 1 aromatic heterocycles. The lowest BCUT2D eigenvalue weighted by atomic mass is 9.94. The van der Waals surface area contributed by atoms with E-state index in [0.29, 0.717) is 24.5 Å². The van der Waals surface area contributed by atoms with Crippen LogP contribution in [-0.2, 0) is 21.6 Å². The minimum atomic E-state index is -4.52. The molecule has 154 valence electrons. The van der Waals surface area contributed by atoms with E-state index in [1.54, 1.807) is 6.20 Å². The number of nitrogens with zero attached hydrogens (tertiary/aromatic N) is 2. The first-order valence-electron chi connectivity index (χ1n) is 9.06. The molecule has 1 aliphatic rings. The fourth-order valence-electron chi connectivity index (χ4n) is 3.18. The third kappa shape index (κ3) is 4.10. The van der Waals surface area contributed by atoms with Gasteiger partial charge in [-0.05, 0) is 37.1 Å². The third-order valence-corrected chi connectivity index (χ3v) is 6.71. The van der Waals surface area contributed by atoms with Crippen LogP contribution in [0.3, 0.4) is 0 Å². The van der Waals surface area contributed by atoms with Crippen molar-refractivity contribution < 1.29 is 26.0 Å². The van der Waals surface area contributed by atoms with Crippen molar-refractivity contribution in [1.29, 1.82) is 0 Å². The zero-order valence-electron chi connectivity index (χ0n) is 16.0. The number of hydrogen-bond acceptors (Lipinski definition) is 4. The highest BCUT2D eigenvalue weighted by Gasteiger charge is 2.38. The van der Waals surface area contributed by atoms with Crippen molar-refractivity contribution in [2.45, 2.75) is 62.6 Å². The van der Waals surface area contributed by atoms with Crippen molar-refractivity contribution >= 4 is 10.0 Å². The Bertz CT molecular complexity index is 929. The second kappa shape index (κ2) is 7.18. The monoisotopic (exact) mass is 416 g/mol. The number of benzene rings is 1. The molecule has 1 atom stereocenters. The van der Waals surface area contributed by atoms with Crippen LogP contribution in [0.5, 0.6) is 0 Å². The molecule has 0 saturated carbocycles. The van der Waals surface area contributed by atoms with E-state index in [-0.39, 0.29) is 16.9 Å². The van der Waals surface area contributed by atoms with Gasteiger partial charge >= 0.3 is 6.18 Å². The maximum atomic E-state index is 13.1. The largest absolute Gasteiger partial charge is 0.443 e. The molecule has 0 bridgehead atoms. The van der Waals surface area contributed by atoms with E-state index in [1.807, 2.05) is 20.8 Å². The number of hydrogen-bond donors (Lipinski definition) is 0. The van der Waals surface area contributed by atoms with Gasteiger partial charge in [-0.25, -0.2) is 13.4 Å². The molecular weight excluding hydrogens is 393 g/mol. The molecule has 2 aromatic rings. The Balaban J connectivity index is 1.93. The predicted molar refractivity (Wildman–Crippen MR) is 97.1 cm³/mol. The SMILES string of the molecule is CC(C)(C)c1cnc([C@@H]2CCCCN2S(=O)(=O)c2ccc(C(F)(F)F)cc2)o1. The molecule has 1 aliphatic heterocycles. The summed E-state index contributed by atoms with van der Waals surface area (Å²) in [6, 6.07) is 3.00. The van der Waals surface area contributed by atoms with Gasteiger partial charge in [0.1, 0.15) is 11.8 Å². The summed E-state index contributed by atoms with van der Waals surface area (Å²) in [6.07, 6.45) is -0.881. The molecule has 0 aliphatic carbocycles. The third-order valence-electron chi connectivity index (χ3n) is 4.79. The van der Waals surface area contributed by atoms with E-state index in [0.717, 1.165) is 30.7 Å². The van der Waals surface area contributed by atoms with Gasteiger partial charge in [0.2, 0.25) is 15.9 Å². The maximum Gasteiger partial charge on any atom is 0.416 e. The van der Waals surface area contributed by atoms with Gasteiger partial charge in [-0.15, -0.1) is 0 Å². The van der Waals surface area contributed by atoms with E-state index in [4.69, 9.17) is 4.42 Å². The van der Waals surface area contributed by atoms with E-state index in [2.05, 4.69) is 4.98 Å². The molecule has 0 radical (unpaired) electrons. The number of alkyl halides is 3. The average molecular weight is 416 g/mol. The number of piperidine rings is 1. The average Bonchev–Trinajstić information content (AvgIpc) is 3.11. The second-order valence-corrected chi connectivity index (χ2v) is 9.85. The highest BCUT2D eigenvalue weighted by atomic mass is 32.2. The number of oxazole rings is 1. The van der Waals surface area contributed by atoms with Crippen LogP contribution in [0.2, 0.25) is 0 Å². The zero-order chi connectivity index (χ0) is 20.7. The lowest BCUT2D eigenvalue weighted by Gasteiger charge is -2.32. The molecule has 1 fully saturated rings. The van der Waals surface area contributed by atoms with Crippen LogP contribution in [0.4, 0.5) is 13.2 Å². The highest BCUT2D eigenvalue weighted by molar-refractivity contribution is 7.89. The number of sulfonamides is 1. The summed E-state index contributed by atoms with van der Waals surface area (Å²) in [4.78, 5) is 4.12. The molecule has 28 heavy (non-hydrogen) atoms. The summed E-state index contributed by atoms with van der Waals surface area (Å²) >= 11 is 0. The van der Waals surface area contributed by atoms with Crippen LogP contribution in [0.15, 0.2) is 39.8 Å². The van der Waals surface area contributed by atoms with Crippen LogP contribution < -0.4 is 0 Å². The lowest BCUT2D eigenvalue weighted by molar-refractivity contribution is -0.137. The van der Waals surface area contributed by atoms with Gasteiger partial charge in [0.05, 0.1) is 16.7 Å². The molecule has 0 spiro atoms. The first-order valence-corrected chi connectivity index (χ1v) is 10.5. The van der Waals surface area contributed by atoms with Gasteiger partial charge in [0.25, 0.3) is 0 Å². The molecule has 0 amide bonds. The maximum absolute atomic E-state index is 13.1. The first-order chi connectivity index (χ1) is 12.9. The molecule has 1 saturated heterocycles. The van der Waals surface area contributed by atoms with E-state index < -0.39 is 27.8 Å². The van der Waals surface area contributed by atoms with Crippen LogP contribution in [0.1, 0.15) is 63.3 Å². The summed E-state index contributed by atoms with van der Waals surface area (Å²) in [7, 11) is -3.98. The minimum absolute atomic E-state index is 0.171. The second-order valence-electron chi connectivity index (χ2n) is 7.96. The Labute approximate surface area is 162 Å². The zero-order valence-corrected chi connectivity index (χ0v) is 16.8. The van der Waals surface area contributed by atoms with Gasteiger partial charge in [0.15, 0.2) is 0 Å². The Hall–Kier alpha value is -1.87. The molecule has 2 heterocycles. The fraction of sp³-hybridized carbons (Fsp3) is 0.526. The summed E-state index contributed by atoms with van der Waals surface area (Å²) in [6.45, 7) is 6.17. The summed E-state index contributed by atoms with van der Waals surface area (Å²) < 4.78 is 71.7. The van der Waals surface area contributed by atoms with E-state index in [9.17, 15) is 21.6 Å². The van der Waals surface area contributed by atoms with Crippen molar-refractivity contribution in [2.24, 2.45) is 0 Å². The van der Waals surface area contributed by atoms with Gasteiger partial charge < -0.3 is 4.42 Å². The summed E-state index contributed by atoms with van der Waals surface area (Å²) in [5.74, 6) is 0.972. The lowest BCUT2D eigenvalue weighted by Crippen LogP contribution is -2.38. The normalized spacial score (nSPS) is 19.7. The van der Waals surface area contributed by atoms with E-state index in [1.165, 1.54) is 4.31 Å². The van der Waals surface area contributed by atoms with Crippen molar-refractivity contribution in [3.8, 4) is 0 Å². The van der Waals surface area contributed by atoms with Crippen LogP contribution in [0.25, 0.3) is 0 Å². The van der Waals surface area contributed by atoms with Gasteiger partial charge in [-0.2, -0.15) is 17.5 Å². The molecular formula is C19H23F3N2O3S. The summed E-state index contributed by atoms with van der Waals surface area (Å²) in [5, 5.41) is 0. The molecule has 0 unspecified atom stereocenters. The van der Waals surface area contributed by atoms with Crippen LogP contribution >= 0.6 is 0 Å². The first kappa shape index (κ1) is 20.9. The number of aromatic nitrogens is 1. The molecule has 1 aromatic carbocycles. The Morgan fingerprint density at radius 2 is 1.75 bits per heavy atom. The molecule has 0 N–H and O–H groups in total. The smallest absolute Gasteiger partial charge is 0.416 e. The fourth-order valence-corrected chi connectivity index (χ4v) is 4.83. The predicted octanol–water partition coefficient (Wildman–Crippen LogP) is 4.91. The Morgan fingerprint density at radius 3 is 2.29 bits per heavy atom. The van der Waals surface area contributed by atoms with Gasteiger partial charge in [-0.3, -0.25) is 0 Å². The van der Waals surface area contributed by atoms with Crippen molar-refractivity contribution in [3.05, 3.63) is 47.7 Å². The van der Waals surface area contributed by atoms with Crippen LogP contribution in [-0.4, -0.2) is 24.3 Å². The quantitative estimate of drug-likeness (QED) is 0.713. The topological polar surface area (TPSA) is 63.4 Å². The van der Waals surface area contributed by atoms with Crippen molar-refractivity contribution in [2.75, 3.05) is 6.54 Å². The summed E-state index contributed by atoms with van der Waals surface area (Å²) in [5.41, 5.74) is -1.15. The van der Waals surface area contributed by atoms with Crippen molar-refractivity contribution in [1.82, 2.24) is 9.29 Å². The highest BCUT2D eigenvalue weighted by Crippen LogP contribution is 2.37.